The average Bonchev–Trinajstić information content (AvgIpc) is 3.23. The van der Waals surface area contributed by atoms with Crippen LogP contribution in [0.2, 0.25) is 0 Å². The fourth-order valence-corrected chi connectivity index (χ4v) is 3.40. The predicted molar refractivity (Wildman–Crippen MR) is 105 cm³/mol. The molecule has 4 rings (SSSR count). The number of aryl methyl sites for hydroxylation is 1. The lowest BCUT2D eigenvalue weighted by Crippen LogP contribution is -2.39. The van der Waals surface area contributed by atoms with Gasteiger partial charge in [0, 0.05) is 49.9 Å². The molecule has 1 aromatic carbocycles. The van der Waals surface area contributed by atoms with Crippen LogP contribution >= 0.6 is 0 Å². The minimum absolute atomic E-state index is 0.0494. The van der Waals surface area contributed by atoms with Crippen molar-refractivity contribution in [3.05, 3.63) is 66.4 Å². The molecule has 0 unspecified atom stereocenters. The number of ether oxygens (including phenoxy) is 2. The van der Waals surface area contributed by atoms with Crippen molar-refractivity contribution in [3.63, 3.8) is 0 Å². The normalized spacial score (nSPS) is 19.5. The third-order valence-electron chi connectivity index (χ3n) is 4.88. The molecule has 7 nitrogen and oxygen atoms in total. The van der Waals surface area contributed by atoms with Gasteiger partial charge in [-0.15, -0.1) is 0 Å². The first-order chi connectivity index (χ1) is 13.8. The molecular formula is C21H25N5O2. The Kier molecular flexibility index (Phi) is 5.94. The summed E-state index contributed by atoms with van der Waals surface area (Å²) in [6.07, 6.45) is 11.1. The molecule has 0 amide bonds. The third-order valence-corrected chi connectivity index (χ3v) is 4.88. The Labute approximate surface area is 164 Å². The van der Waals surface area contributed by atoms with E-state index in [0.717, 1.165) is 43.9 Å². The van der Waals surface area contributed by atoms with Crippen molar-refractivity contribution >= 4 is 0 Å². The fourth-order valence-electron chi connectivity index (χ4n) is 3.40. The van der Waals surface area contributed by atoms with Crippen molar-refractivity contribution in [3.8, 4) is 11.6 Å². The molecule has 3 heterocycles. The Morgan fingerprint density at radius 1 is 1.21 bits per heavy atom. The Morgan fingerprint density at radius 2 is 2.11 bits per heavy atom. The third kappa shape index (κ3) is 4.55. The zero-order valence-electron chi connectivity index (χ0n) is 16.0. The maximum absolute atomic E-state index is 6.06. The van der Waals surface area contributed by atoms with Gasteiger partial charge in [-0.3, -0.25) is 9.67 Å². The highest BCUT2D eigenvalue weighted by atomic mass is 16.5. The van der Waals surface area contributed by atoms with E-state index >= 15 is 0 Å². The first-order valence-corrected chi connectivity index (χ1v) is 9.72. The second kappa shape index (κ2) is 8.95. The van der Waals surface area contributed by atoms with Crippen LogP contribution in [-0.4, -0.2) is 32.4 Å². The van der Waals surface area contributed by atoms with Gasteiger partial charge in [0.15, 0.2) is 0 Å². The number of hydrogen-bond acceptors (Lipinski definition) is 6. The van der Waals surface area contributed by atoms with Crippen LogP contribution in [0.3, 0.4) is 0 Å². The van der Waals surface area contributed by atoms with Crippen molar-refractivity contribution in [2.24, 2.45) is 0 Å². The Bertz CT molecular complexity index is 866. The summed E-state index contributed by atoms with van der Waals surface area (Å²) in [6.45, 7) is 4.53. The van der Waals surface area contributed by atoms with E-state index in [-0.39, 0.29) is 12.1 Å². The second-order valence-corrected chi connectivity index (χ2v) is 6.84. The molecule has 1 N–H and O–H groups in total. The molecule has 1 aliphatic rings. The van der Waals surface area contributed by atoms with E-state index in [1.807, 2.05) is 23.0 Å². The molecular weight excluding hydrogens is 354 g/mol. The maximum Gasteiger partial charge on any atom is 0.237 e. The minimum Gasteiger partial charge on any atom is -0.438 e. The molecule has 7 heteroatoms. The molecule has 3 aromatic rings. The summed E-state index contributed by atoms with van der Waals surface area (Å²) in [5.41, 5.74) is 2.34. The van der Waals surface area contributed by atoms with Crippen LogP contribution in [0, 0.1) is 0 Å². The Hall–Kier alpha value is -2.77. The van der Waals surface area contributed by atoms with Gasteiger partial charge in [-0.25, -0.2) is 4.98 Å². The molecule has 1 aliphatic heterocycles. The molecule has 0 radical (unpaired) electrons. The molecule has 1 saturated heterocycles. The van der Waals surface area contributed by atoms with Gasteiger partial charge in [0.25, 0.3) is 0 Å². The summed E-state index contributed by atoms with van der Waals surface area (Å²) < 4.78 is 13.7. The van der Waals surface area contributed by atoms with E-state index in [1.54, 1.807) is 18.6 Å². The van der Waals surface area contributed by atoms with Crippen molar-refractivity contribution in [1.82, 2.24) is 25.1 Å². The number of nitrogens with one attached hydrogen (secondary N) is 1. The van der Waals surface area contributed by atoms with Crippen molar-refractivity contribution in [1.29, 1.82) is 0 Å². The molecule has 2 atom stereocenters. The van der Waals surface area contributed by atoms with Gasteiger partial charge in [0.05, 0.1) is 12.4 Å². The largest absolute Gasteiger partial charge is 0.438 e. The number of nitrogens with zero attached hydrogens (tertiary/aromatic N) is 4. The molecule has 0 spiro atoms. The van der Waals surface area contributed by atoms with Gasteiger partial charge in [-0.2, -0.15) is 5.10 Å². The van der Waals surface area contributed by atoms with Crippen molar-refractivity contribution < 1.29 is 9.47 Å². The van der Waals surface area contributed by atoms with Gasteiger partial charge in [0.1, 0.15) is 11.9 Å². The highest BCUT2D eigenvalue weighted by molar-refractivity contribution is 5.30. The number of hydrogen-bond donors (Lipinski definition) is 1. The molecule has 0 bridgehead atoms. The zero-order valence-corrected chi connectivity index (χ0v) is 16.0. The lowest BCUT2D eigenvalue weighted by molar-refractivity contribution is -0.0112. The van der Waals surface area contributed by atoms with E-state index < -0.39 is 0 Å². The summed E-state index contributed by atoms with van der Waals surface area (Å²) >= 11 is 0. The van der Waals surface area contributed by atoms with Crippen LogP contribution in [0.1, 0.15) is 37.0 Å². The van der Waals surface area contributed by atoms with Crippen LogP contribution < -0.4 is 10.1 Å². The number of benzene rings is 1. The van der Waals surface area contributed by atoms with Gasteiger partial charge < -0.3 is 14.8 Å². The van der Waals surface area contributed by atoms with Gasteiger partial charge >= 0.3 is 0 Å². The highest BCUT2D eigenvalue weighted by Crippen LogP contribution is 2.28. The van der Waals surface area contributed by atoms with Crippen LogP contribution in [-0.2, 0) is 17.8 Å². The first kappa shape index (κ1) is 18.6. The van der Waals surface area contributed by atoms with E-state index in [9.17, 15) is 0 Å². The first-order valence-electron chi connectivity index (χ1n) is 9.72. The smallest absolute Gasteiger partial charge is 0.237 e. The van der Waals surface area contributed by atoms with Crippen molar-refractivity contribution in [2.75, 3.05) is 6.61 Å². The number of aromatic nitrogens is 4. The van der Waals surface area contributed by atoms with Crippen LogP contribution in [0.15, 0.2) is 55.2 Å². The summed E-state index contributed by atoms with van der Waals surface area (Å²) in [7, 11) is 0. The zero-order chi connectivity index (χ0) is 19.2. The molecule has 146 valence electrons. The summed E-state index contributed by atoms with van der Waals surface area (Å²) in [5, 5.41) is 8.05. The van der Waals surface area contributed by atoms with Gasteiger partial charge in [-0.1, -0.05) is 12.1 Å². The Morgan fingerprint density at radius 3 is 2.86 bits per heavy atom. The van der Waals surface area contributed by atoms with Gasteiger partial charge in [0.2, 0.25) is 5.88 Å². The SMILES string of the molecule is CCn1cc([C@H]2OCCC[C@@H]2NCc2ccc(Oc3cnccn3)cc2)cn1. The maximum atomic E-state index is 6.06. The van der Waals surface area contributed by atoms with E-state index in [0.29, 0.717) is 5.88 Å². The lowest BCUT2D eigenvalue weighted by atomic mass is 9.98. The molecule has 28 heavy (non-hydrogen) atoms. The van der Waals surface area contributed by atoms with Crippen LogP contribution in [0.4, 0.5) is 0 Å². The lowest BCUT2D eigenvalue weighted by Gasteiger charge is -2.32. The van der Waals surface area contributed by atoms with Crippen LogP contribution in [0.25, 0.3) is 0 Å². The quantitative estimate of drug-likeness (QED) is 0.677. The standard InChI is InChI=1S/C21H25N5O2/c1-2-26-15-17(13-25-26)21-19(4-3-11-27-21)24-12-16-5-7-18(8-6-16)28-20-14-22-9-10-23-20/h5-10,13-15,19,21,24H,2-4,11-12H2,1H3/t19-,21+/m0/s1. The predicted octanol–water partition coefficient (Wildman–Crippen LogP) is 3.50. The summed E-state index contributed by atoms with van der Waals surface area (Å²) in [4.78, 5) is 8.12. The minimum atomic E-state index is 0.0494. The highest BCUT2D eigenvalue weighted by Gasteiger charge is 2.28. The molecule has 2 aromatic heterocycles. The summed E-state index contributed by atoms with van der Waals surface area (Å²) in [6, 6.07) is 8.30. The van der Waals surface area contributed by atoms with Gasteiger partial charge in [-0.05, 0) is 37.5 Å². The molecule has 0 saturated carbocycles. The van der Waals surface area contributed by atoms with Crippen molar-refractivity contribution in [2.45, 2.75) is 45.0 Å². The Balaban J connectivity index is 1.36. The summed E-state index contributed by atoms with van der Waals surface area (Å²) in [5.74, 6) is 1.23. The number of rotatable bonds is 7. The van der Waals surface area contributed by atoms with Crippen LogP contribution in [0.5, 0.6) is 11.6 Å². The second-order valence-electron chi connectivity index (χ2n) is 6.84. The van der Waals surface area contributed by atoms with E-state index in [1.165, 1.54) is 5.56 Å². The van der Waals surface area contributed by atoms with E-state index in [2.05, 4.69) is 45.6 Å². The molecule has 1 fully saturated rings. The fraction of sp³-hybridized carbons (Fsp3) is 0.381. The topological polar surface area (TPSA) is 74.1 Å². The average molecular weight is 379 g/mol. The van der Waals surface area contributed by atoms with E-state index in [4.69, 9.17) is 9.47 Å². The monoisotopic (exact) mass is 379 g/mol. The molecule has 0 aliphatic carbocycles.